The lowest BCUT2D eigenvalue weighted by Gasteiger charge is -2.19. The average molecular weight is 340 g/mol. The number of carbonyl (C=O) groups is 2. The fraction of sp³-hybridized carbons (Fsp3) is 0.125. The second kappa shape index (κ2) is 6.75. The number of anilines is 1. The first-order chi connectivity index (χ1) is 10.9. The van der Waals surface area contributed by atoms with Crippen molar-refractivity contribution in [1.29, 1.82) is 0 Å². The SMILES string of the molecule is COC(=O)c1cccc(N(C)C(=O)c2ccc(F)cc2Cl)c1F. The minimum atomic E-state index is -0.895. The summed E-state index contributed by atoms with van der Waals surface area (Å²) in [5.74, 6) is -2.98. The van der Waals surface area contributed by atoms with E-state index in [4.69, 9.17) is 11.6 Å². The Morgan fingerprint density at radius 2 is 1.83 bits per heavy atom. The minimum Gasteiger partial charge on any atom is -0.465 e. The van der Waals surface area contributed by atoms with E-state index in [9.17, 15) is 18.4 Å². The molecule has 0 saturated carbocycles. The van der Waals surface area contributed by atoms with E-state index in [1.54, 1.807) is 0 Å². The van der Waals surface area contributed by atoms with Gasteiger partial charge in [0.1, 0.15) is 5.82 Å². The Kier molecular flexibility index (Phi) is 4.95. The van der Waals surface area contributed by atoms with Gasteiger partial charge in [0, 0.05) is 7.05 Å². The summed E-state index contributed by atoms with van der Waals surface area (Å²) in [4.78, 5) is 24.9. The molecule has 0 aliphatic carbocycles. The third kappa shape index (κ3) is 3.32. The second-order valence-electron chi connectivity index (χ2n) is 4.62. The van der Waals surface area contributed by atoms with E-state index in [0.717, 1.165) is 24.1 Å². The third-order valence-electron chi connectivity index (χ3n) is 3.21. The first kappa shape index (κ1) is 16.9. The van der Waals surface area contributed by atoms with Crippen LogP contribution in [0.15, 0.2) is 36.4 Å². The zero-order valence-corrected chi connectivity index (χ0v) is 13.0. The smallest absolute Gasteiger partial charge is 0.340 e. The van der Waals surface area contributed by atoms with Crippen LogP contribution in [0.2, 0.25) is 5.02 Å². The van der Waals surface area contributed by atoms with Crippen molar-refractivity contribution < 1.29 is 23.1 Å². The summed E-state index contributed by atoms with van der Waals surface area (Å²) < 4.78 is 32.0. The van der Waals surface area contributed by atoms with Gasteiger partial charge in [0.25, 0.3) is 5.91 Å². The first-order valence-electron chi connectivity index (χ1n) is 6.46. The number of halogens is 3. The van der Waals surface area contributed by atoms with Crippen LogP contribution in [0.1, 0.15) is 20.7 Å². The fourth-order valence-electron chi connectivity index (χ4n) is 2.00. The molecule has 0 saturated heterocycles. The highest BCUT2D eigenvalue weighted by atomic mass is 35.5. The van der Waals surface area contributed by atoms with E-state index in [1.807, 2.05) is 0 Å². The Labute approximate surface area is 136 Å². The van der Waals surface area contributed by atoms with E-state index in [-0.39, 0.29) is 21.8 Å². The summed E-state index contributed by atoms with van der Waals surface area (Å²) in [6.45, 7) is 0. The topological polar surface area (TPSA) is 46.6 Å². The first-order valence-corrected chi connectivity index (χ1v) is 6.84. The van der Waals surface area contributed by atoms with Crippen molar-refractivity contribution in [3.8, 4) is 0 Å². The van der Waals surface area contributed by atoms with E-state index in [2.05, 4.69) is 4.74 Å². The molecule has 0 N–H and O–H groups in total. The van der Waals surface area contributed by atoms with Gasteiger partial charge in [-0.3, -0.25) is 4.79 Å². The number of methoxy groups -OCH3 is 1. The van der Waals surface area contributed by atoms with Crippen LogP contribution in [-0.2, 0) is 4.74 Å². The lowest BCUT2D eigenvalue weighted by molar-refractivity contribution is 0.0595. The molecule has 0 bridgehead atoms. The van der Waals surface area contributed by atoms with Gasteiger partial charge in [-0.2, -0.15) is 0 Å². The molecule has 0 atom stereocenters. The monoisotopic (exact) mass is 339 g/mol. The van der Waals surface area contributed by atoms with Gasteiger partial charge in [-0.05, 0) is 30.3 Å². The summed E-state index contributed by atoms with van der Waals surface area (Å²) in [5, 5.41) is -0.0913. The summed E-state index contributed by atoms with van der Waals surface area (Å²) in [5.41, 5.74) is -0.411. The van der Waals surface area contributed by atoms with Crippen molar-refractivity contribution in [3.05, 3.63) is 64.2 Å². The molecule has 2 aromatic rings. The molecule has 120 valence electrons. The third-order valence-corrected chi connectivity index (χ3v) is 3.52. The van der Waals surface area contributed by atoms with Crippen LogP contribution < -0.4 is 4.90 Å². The molecule has 2 rings (SSSR count). The van der Waals surface area contributed by atoms with Gasteiger partial charge >= 0.3 is 5.97 Å². The number of esters is 1. The van der Waals surface area contributed by atoms with Crippen LogP contribution in [0, 0.1) is 11.6 Å². The summed E-state index contributed by atoms with van der Waals surface area (Å²) >= 11 is 5.84. The Bertz CT molecular complexity index is 780. The van der Waals surface area contributed by atoms with Crippen LogP contribution in [0.25, 0.3) is 0 Å². The molecule has 4 nitrogen and oxygen atoms in total. The largest absolute Gasteiger partial charge is 0.465 e. The number of hydrogen-bond donors (Lipinski definition) is 0. The number of benzene rings is 2. The van der Waals surface area contributed by atoms with Gasteiger partial charge in [0.2, 0.25) is 0 Å². The van der Waals surface area contributed by atoms with Crippen LogP contribution in [0.3, 0.4) is 0 Å². The standard InChI is InChI=1S/C16H12ClF2NO3/c1-20(15(21)10-7-6-9(18)8-12(10)17)13-5-3-4-11(14(13)19)16(22)23-2/h3-8H,1-2H3. The molecule has 7 heteroatoms. The molecule has 0 aliphatic heterocycles. The number of amides is 1. The molecule has 1 amide bonds. The fourth-order valence-corrected chi connectivity index (χ4v) is 2.25. The second-order valence-corrected chi connectivity index (χ2v) is 5.03. The molecule has 0 fully saturated rings. The number of nitrogens with zero attached hydrogens (tertiary/aromatic N) is 1. The van der Waals surface area contributed by atoms with Crippen LogP contribution in [0.5, 0.6) is 0 Å². The van der Waals surface area contributed by atoms with Crippen LogP contribution in [0.4, 0.5) is 14.5 Å². The predicted molar refractivity (Wildman–Crippen MR) is 81.9 cm³/mol. The average Bonchev–Trinajstić information content (AvgIpc) is 2.53. The zero-order chi connectivity index (χ0) is 17.1. The Morgan fingerprint density at radius 1 is 1.13 bits per heavy atom. The maximum absolute atomic E-state index is 14.4. The van der Waals surface area contributed by atoms with Gasteiger partial charge in [-0.25, -0.2) is 13.6 Å². The van der Waals surface area contributed by atoms with E-state index in [0.29, 0.717) is 0 Å². The Balaban J connectivity index is 2.42. The van der Waals surface area contributed by atoms with Crippen molar-refractivity contribution in [2.75, 3.05) is 19.1 Å². The highest BCUT2D eigenvalue weighted by Gasteiger charge is 2.23. The van der Waals surface area contributed by atoms with Gasteiger partial charge in [0.05, 0.1) is 28.9 Å². The zero-order valence-electron chi connectivity index (χ0n) is 12.3. The van der Waals surface area contributed by atoms with Gasteiger partial charge in [-0.15, -0.1) is 0 Å². The van der Waals surface area contributed by atoms with Crippen molar-refractivity contribution in [3.63, 3.8) is 0 Å². The summed E-state index contributed by atoms with van der Waals surface area (Å²) in [6, 6.07) is 7.27. The molecule has 0 aliphatic rings. The van der Waals surface area contributed by atoms with Crippen molar-refractivity contribution >= 4 is 29.2 Å². The van der Waals surface area contributed by atoms with Gasteiger partial charge in [-0.1, -0.05) is 17.7 Å². The van der Waals surface area contributed by atoms with E-state index >= 15 is 0 Å². The normalized spacial score (nSPS) is 10.3. The predicted octanol–water partition coefficient (Wildman–Crippen LogP) is 3.68. The molecule has 0 aromatic heterocycles. The number of rotatable bonds is 3. The maximum Gasteiger partial charge on any atom is 0.340 e. The lowest BCUT2D eigenvalue weighted by Crippen LogP contribution is -2.28. The maximum atomic E-state index is 14.4. The molecular formula is C16H12ClF2NO3. The van der Waals surface area contributed by atoms with Gasteiger partial charge in [0.15, 0.2) is 5.82 Å². The molecule has 0 heterocycles. The van der Waals surface area contributed by atoms with Crippen molar-refractivity contribution in [1.82, 2.24) is 0 Å². The van der Waals surface area contributed by atoms with Gasteiger partial charge < -0.3 is 9.64 Å². The molecule has 0 unspecified atom stereocenters. The molecule has 23 heavy (non-hydrogen) atoms. The molecule has 0 radical (unpaired) electrons. The summed E-state index contributed by atoms with van der Waals surface area (Å²) in [7, 11) is 2.45. The van der Waals surface area contributed by atoms with Crippen LogP contribution >= 0.6 is 11.6 Å². The Morgan fingerprint density at radius 3 is 2.43 bits per heavy atom. The molecule has 0 spiro atoms. The van der Waals surface area contributed by atoms with Crippen molar-refractivity contribution in [2.24, 2.45) is 0 Å². The van der Waals surface area contributed by atoms with Crippen LogP contribution in [-0.4, -0.2) is 26.0 Å². The van der Waals surface area contributed by atoms with E-state index in [1.165, 1.54) is 31.3 Å². The number of ether oxygens (including phenoxy) is 1. The quantitative estimate of drug-likeness (QED) is 0.801. The van der Waals surface area contributed by atoms with E-state index < -0.39 is 23.5 Å². The lowest BCUT2D eigenvalue weighted by atomic mass is 10.1. The highest BCUT2D eigenvalue weighted by molar-refractivity contribution is 6.34. The summed E-state index contributed by atoms with van der Waals surface area (Å²) in [6.07, 6.45) is 0. The Hall–Kier alpha value is -2.47. The number of hydrogen-bond acceptors (Lipinski definition) is 3. The highest BCUT2D eigenvalue weighted by Crippen LogP contribution is 2.25. The molecular weight excluding hydrogens is 328 g/mol. The minimum absolute atomic E-state index is 0.0124. The van der Waals surface area contributed by atoms with Crippen molar-refractivity contribution in [2.45, 2.75) is 0 Å². The molecule has 2 aromatic carbocycles. The number of carbonyl (C=O) groups excluding carboxylic acids is 2.